The van der Waals surface area contributed by atoms with E-state index in [0.717, 1.165) is 18.5 Å². The minimum Gasteiger partial charge on any atom is -0.324 e. The SMILES string of the molecule is CC1CCCC(N)(CN2CCC(N3CCCC3)C2)C1. The van der Waals surface area contributed by atoms with Crippen LogP contribution in [-0.4, -0.2) is 54.1 Å². The molecule has 1 saturated carbocycles. The molecule has 110 valence electrons. The molecule has 0 radical (unpaired) electrons. The van der Waals surface area contributed by atoms with Gasteiger partial charge in [-0.3, -0.25) is 9.80 Å². The Hall–Kier alpha value is -0.120. The zero-order valence-corrected chi connectivity index (χ0v) is 12.6. The molecule has 2 N–H and O–H groups in total. The van der Waals surface area contributed by atoms with Crippen LogP contribution >= 0.6 is 0 Å². The van der Waals surface area contributed by atoms with Crippen molar-refractivity contribution in [3.63, 3.8) is 0 Å². The van der Waals surface area contributed by atoms with Crippen molar-refractivity contribution in [2.24, 2.45) is 11.7 Å². The number of hydrogen-bond acceptors (Lipinski definition) is 3. The molecule has 3 unspecified atom stereocenters. The van der Waals surface area contributed by atoms with E-state index in [1.165, 1.54) is 71.1 Å². The minimum atomic E-state index is 0.109. The molecule has 1 aliphatic carbocycles. The Morgan fingerprint density at radius 3 is 2.63 bits per heavy atom. The van der Waals surface area contributed by atoms with Gasteiger partial charge in [0.1, 0.15) is 0 Å². The van der Waals surface area contributed by atoms with Crippen molar-refractivity contribution in [2.45, 2.75) is 63.5 Å². The molecule has 3 fully saturated rings. The van der Waals surface area contributed by atoms with Gasteiger partial charge in [0.2, 0.25) is 0 Å². The second kappa shape index (κ2) is 5.71. The molecular weight excluding hydrogens is 234 g/mol. The third-order valence-corrected chi connectivity index (χ3v) is 5.57. The summed E-state index contributed by atoms with van der Waals surface area (Å²) in [4.78, 5) is 5.37. The van der Waals surface area contributed by atoms with Crippen molar-refractivity contribution < 1.29 is 0 Å². The maximum Gasteiger partial charge on any atom is 0.0285 e. The van der Waals surface area contributed by atoms with Gasteiger partial charge < -0.3 is 5.73 Å². The third-order valence-electron chi connectivity index (χ3n) is 5.57. The summed E-state index contributed by atoms with van der Waals surface area (Å²) in [5, 5.41) is 0. The largest absolute Gasteiger partial charge is 0.324 e. The van der Waals surface area contributed by atoms with Crippen molar-refractivity contribution in [2.75, 3.05) is 32.7 Å². The molecule has 0 amide bonds. The molecule has 0 spiro atoms. The van der Waals surface area contributed by atoms with E-state index in [0.29, 0.717) is 0 Å². The molecule has 3 aliphatic rings. The Balaban J connectivity index is 1.50. The van der Waals surface area contributed by atoms with Crippen LogP contribution < -0.4 is 5.73 Å². The van der Waals surface area contributed by atoms with Crippen LogP contribution in [0.25, 0.3) is 0 Å². The lowest BCUT2D eigenvalue weighted by Gasteiger charge is -2.39. The first kappa shape index (κ1) is 13.8. The quantitative estimate of drug-likeness (QED) is 0.848. The Morgan fingerprint density at radius 1 is 1.11 bits per heavy atom. The van der Waals surface area contributed by atoms with E-state index in [9.17, 15) is 0 Å². The minimum absolute atomic E-state index is 0.109. The maximum absolute atomic E-state index is 6.67. The van der Waals surface area contributed by atoms with Gasteiger partial charge in [-0.15, -0.1) is 0 Å². The second-order valence-corrected chi connectivity index (χ2v) is 7.48. The van der Waals surface area contributed by atoms with Crippen LogP contribution in [0.4, 0.5) is 0 Å². The number of hydrogen-bond donors (Lipinski definition) is 1. The number of nitrogens with zero attached hydrogens (tertiary/aromatic N) is 2. The summed E-state index contributed by atoms with van der Waals surface area (Å²) in [6, 6.07) is 0.826. The Labute approximate surface area is 118 Å². The first-order chi connectivity index (χ1) is 9.15. The smallest absolute Gasteiger partial charge is 0.0285 e. The van der Waals surface area contributed by atoms with Gasteiger partial charge in [-0.2, -0.15) is 0 Å². The number of nitrogens with two attached hydrogens (primary N) is 1. The second-order valence-electron chi connectivity index (χ2n) is 7.48. The zero-order valence-electron chi connectivity index (χ0n) is 12.6. The van der Waals surface area contributed by atoms with Gasteiger partial charge in [-0.1, -0.05) is 19.8 Å². The predicted molar refractivity (Wildman–Crippen MR) is 80.2 cm³/mol. The lowest BCUT2D eigenvalue weighted by atomic mass is 9.77. The predicted octanol–water partition coefficient (Wildman–Crippen LogP) is 2.06. The van der Waals surface area contributed by atoms with E-state index in [2.05, 4.69) is 16.7 Å². The Bertz CT molecular complexity index is 300. The van der Waals surface area contributed by atoms with Crippen molar-refractivity contribution >= 4 is 0 Å². The highest BCUT2D eigenvalue weighted by molar-refractivity contribution is 4.95. The van der Waals surface area contributed by atoms with Crippen molar-refractivity contribution in [1.29, 1.82) is 0 Å². The molecule has 2 saturated heterocycles. The summed E-state index contributed by atoms with van der Waals surface area (Å²) < 4.78 is 0. The monoisotopic (exact) mass is 265 g/mol. The van der Waals surface area contributed by atoms with Crippen LogP contribution in [0.2, 0.25) is 0 Å². The topological polar surface area (TPSA) is 32.5 Å². The molecular formula is C16H31N3. The maximum atomic E-state index is 6.67. The molecule has 3 atom stereocenters. The molecule has 19 heavy (non-hydrogen) atoms. The fourth-order valence-corrected chi connectivity index (χ4v) is 4.65. The summed E-state index contributed by atoms with van der Waals surface area (Å²) in [6.45, 7) is 8.73. The molecule has 0 aromatic heterocycles. The first-order valence-corrected chi connectivity index (χ1v) is 8.40. The molecule has 3 heteroatoms. The van der Waals surface area contributed by atoms with Crippen molar-refractivity contribution in [1.82, 2.24) is 9.80 Å². The van der Waals surface area contributed by atoms with E-state index < -0.39 is 0 Å². The summed E-state index contributed by atoms with van der Waals surface area (Å²) in [5.41, 5.74) is 6.78. The zero-order chi connectivity index (χ0) is 13.3. The van der Waals surface area contributed by atoms with Gasteiger partial charge in [0.25, 0.3) is 0 Å². The molecule has 3 nitrogen and oxygen atoms in total. The van der Waals surface area contributed by atoms with Crippen molar-refractivity contribution in [3.05, 3.63) is 0 Å². The average Bonchev–Trinajstić information content (AvgIpc) is 2.97. The molecule has 0 aromatic carbocycles. The van der Waals surface area contributed by atoms with Crippen LogP contribution in [0.3, 0.4) is 0 Å². The fraction of sp³-hybridized carbons (Fsp3) is 1.00. The van der Waals surface area contributed by atoms with E-state index in [-0.39, 0.29) is 5.54 Å². The van der Waals surface area contributed by atoms with Crippen LogP contribution in [-0.2, 0) is 0 Å². The van der Waals surface area contributed by atoms with E-state index in [1.807, 2.05) is 0 Å². The normalized spacial score (nSPS) is 42.0. The van der Waals surface area contributed by atoms with Gasteiger partial charge in [-0.05, 0) is 57.7 Å². The summed E-state index contributed by atoms with van der Waals surface area (Å²) >= 11 is 0. The number of rotatable bonds is 3. The Kier molecular flexibility index (Phi) is 4.16. The Morgan fingerprint density at radius 2 is 1.89 bits per heavy atom. The summed E-state index contributed by atoms with van der Waals surface area (Å²) in [6.07, 6.45) is 9.38. The fourth-order valence-electron chi connectivity index (χ4n) is 4.65. The third kappa shape index (κ3) is 3.32. The molecule has 0 aromatic rings. The standard InChI is InChI=1S/C16H31N3/c1-14-5-4-7-16(17,11-14)13-18-10-6-15(12-18)19-8-2-3-9-19/h14-15H,2-13,17H2,1H3. The van der Waals surface area contributed by atoms with Crippen LogP contribution in [0.1, 0.15) is 51.9 Å². The van der Waals surface area contributed by atoms with Gasteiger partial charge >= 0.3 is 0 Å². The highest BCUT2D eigenvalue weighted by atomic mass is 15.3. The van der Waals surface area contributed by atoms with Gasteiger partial charge in [0.05, 0.1) is 0 Å². The lowest BCUT2D eigenvalue weighted by molar-refractivity contribution is 0.158. The molecule has 2 aliphatic heterocycles. The molecule has 3 rings (SSSR count). The van der Waals surface area contributed by atoms with Crippen molar-refractivity contribution in [3.8, 4) is 0 Å². The van der Waals surface area contributed by atoms with Crippen LogP contribution in [0.15, 0.2) is 0 Å². The van der Waals surface area contributed by atoms with E-state index in [4.69, 9.17) is 5.73 Å². The van der Waals surface area contributed by atoms with Gasteiger partial charge in [-0.25, -0.2) is 0 Å². The van der Waals surface area contributed by atoms with Crippen LogP contribution in [0, 0.1) is 5.92 Å². The molecule has 2 heterocycles. The van der Waals surface area contributed by atoms with E-state index >= 15 is 0 Å². The van der Waals surface area contributed by atoms with Gasteiger partial charge in [0.15, 0.2) is 0 Å². The first-order valence-electron chi connectivity index (χ1n) is 8.40. The average molecular weight is 265 g/mol. The highest BCUT2D eigenvalue weighted by Gasteiger charge is 2.36. The van der Waals surface area contributed by atoms with E-state index in [1.54, 1.807) is 0 Å². The van der Waals surface area contributed by atoms with Gasteiger partial charge in [0, 0.05) is 24.7 Å². The molecule has 0 bridgehead atoms. The lowest BCUT2D eigenvalue weighted by Crippen LogP contribution is -2.52. The number of likely N-dealkylation sites (tertiary alicyclic amines) is 2. The highest BCUT2D eigenvalue weighted by Crippen LogP contribution is 2.32. The summed E-state index contributed by atoms with van der Waals surface area (Å²) in [5.74, 6) is 0.829. The van der Waals surface area contributed by atoms with Crippen LogP contribution in [0.5, 0.6) is 0 Å². The summed E-state index contributed by atoms with van der Waals surface area (Å²) in [7, 11) is 0.